The van der Waals surface area contributed by atoms with E-state index >= 15 is 4.39 Å². The van der Waals surface area contributed by atoms with Gasteiger partial charge in [0.05, 0.1) is 42.3 Å². The zero-order valence-corrected chi connectivity index (χ0v) is 25.6. The van der Waals surface area contributed by atoms with Crippen molar-refractivity contribution in [1.82, 2.24) is 14.8 Å². The Balaban J connectivity index is 1.37. The van der Waals surface area contributed by atoms with Gasteiger partial charge in [-0.05, 0) is 79.9 Å². The largest absolute Gasteiger partial charge is 0.476 e. The van der Waals surface area contributed by atoms with Crippen molar-refractivity contribution in [1.29, 1.82) is 10.5 Å². The predicted molar refractivity (Wildman–Crippen MR) is 170 cm³/mol. The molecule has 0 radical (unpaired) electrons. The van der Waals surface area contributed by atoms with Crippen LogP contribution in [-0.2, 0) is 17.6 Å². The molecule has 2 saturated heterocycles. The Morgan fingerprint density at radius 3 is 2.78 bits per heavy atom. The Labute approximate surface area is 263 Å². The Kier molecular flexibility index (Phi) is 7.67. The van der Waals surface area contributed by atoms with Gasteiger partial charge in [0.15, 0.2) is 5.82 Å². The van der Waals surface area contributed by atoms with Crippen LogP contribution < -0.4 is 9.64 Å². The van der Waals surface area contributed by atoms with Gasteiger partial charge >= 0.3 is 0 Å². The molecule has 4 aliphatic rings. The minimum Gasteiger partial charge on any atom is -0.476 e. The average Bonchev–Trinajstić information content (AvgIpc) is 3.52. The molecule has 1 saturated carbocycles. The third-order valence-electron chi connectivity index (χ3n) is 10.3. The summed E-state index contributed by atoms with van der Waals surface area (Å²) in [6.07, 6.45) is 5.75. The van der Waals surface area contributed by atoms with E-state index in [0.717, 1.165) is 37.8 Å². The van der Waals surface area contributed by atoms with Crippen LogP contribution in [-0.4, -0.2) is 72.6 Å². The molecule has 2 aliphatic carbocycles. The van der Waals surface area contributed by atoms with Crippen LogP contribution in [0.25, 0.3) is 22.0 Å². The summed E-state index contributed by atoms with van der Waals surface area (Å²) in [4.78, 5) is 23.5. The number of amides is 1. The summed E-state index contributed by atoms with van der Waals surface area (Å²) in [5.41, 5.74) is 5.56. The van der Waals surface area contributed by atoms with E-state index in [9.17, 15) is 15.3 Å². The van der Waals surface area contributed by atoms with Gasteiger partial charge < -0.3 is 19.4 Å². The molecule has 3 fully saturated rings. The number of carbonyl (C=O) groups is 1. The lowest BCUT2D eigenvalue weighted by molar-refractivity contribution is -0.128. The van der Waals surface area contributed by atoms with Crippen LogP contribution in [0.4, 0.5) is 10.1 Å². The summed E-state index contributed by atoms with van der Waals surface area (Å²) < 4.78 is 23.3. The Morgan fingerprint density at radius 1 is 1.16 bits per heavy atom. The molecule has 2 aromatic carbocycles. The first-order chi connectivity index (χ1) is 21.9. The number of hydrogen-bond acceptors (Lipinski definition) is 7. The van der Waals surface area contributed by atoms with Crippen LogP contribution >= 0.6 is 0 Å². The number of rotatable bonds is 8. The van der Waals surface area contributed by atoms with Crippen LogP contribution in [0.15, 0.2) is 43.0 Å². The standard InChI is InChI=1S/C36H37FN6O2/c1-3-31(44)43-17-16-42(20-24(43)11-13-38)35-28-10-9-27(26-8-4-6-22-18-23-19-30(23)32(22)26)33(37)34(28)40-36(29(35)12-14-39)45-21-25-7-5-15-41(25)2/h3-4,6,8-10,23-25,30H,1,5,7,11-12,15-21H2,2H3/t23?,24-,25-,30?/m0/s1. The molecule has 4 atom stereocenters. The van der Waals surface area contributed by atoms with Gasteiger partial charge in [0.25, 0.3) is 0 Å². The Morgan fingerprint density at radius 2 is 2.02 bits per heavy atom. The van der Waals surface area contributed by atoms with Crippen molar-refractivity contribution in [3.05, 3.63) is 65.5 Å². The summed E-state index contributed by atoms with van der Waals surface area (Å²) in [5.74, 6) is 0.829. The zero-order chi connectivity index (χ0) is 31.2. The first-order valence-corrected chi connectivity index (χ1v) is 16.0. The number of fused-ring (bicyclic) bond motifs is 4. The number of aromatic nitrogens is 1. The van der Waals surface area contributed by atoms with Gasteiger partial charge in [-0.2, -0.15) is 10.5 Å². The number of likely N-dealkylation sites (tertiary alicyclic amines) is 1. The maximum Gasteiger partial charge on any atom is 0.246 e. The van der Waals surface area contributed by atoms with Gasteiger partial charge in [-0.1, -0.05) is 30.8 Å². The number of halogens is 1. The van der Waals surface area contributed by atoms with E-state index in [4.69, 9.17) is 9.72 Å². The van der Waals surface area contributed by atoms with Crippen LogP contribution in [0, 0.1) is 34.4 Å². The molecule has 7 rings (SSSR count). The predicted octanol–water partition coefficient (Wildman–Crippen LogP) is 5.36. The van der Waals surface area contributed by atoms with E-state index in [1.165, 1.54) is 17.2 Å². The van der Waals surface area contributed by atoms with Crippen LogP contribution in [0.3, 0.4) is 0 Å². The lowest BCUT2D eigenvalue weighted by Crippen LogP contribution is -2.55. The molecule has 9 heteroatoms. The molecule has 1 amide bonds. The number of piperazine rings is 1. The lowest BCUT2D eigenvalue weighted by atomic mass is 9.92. The molecular formula is C36H37FN6O2. The third-order valence-corrected chi connectivity index (χ3v) is 10.3. The van der Waals surface area contributed by atoms with Crippen molar-refractivity contribution >= 4 is 22.5 Å². The molecule has 1 aromatic heterocycles. The highest BCUT2D eigenvalue weighted by Crippen LogP contribution is 2.59. The number of benzene rings is 2. The average molecular weight is 605 g/mol. The molecule has 2 unspecified atom stereocenters. The van der Waals surface area contributed by atoms with Crippen molar-refractivity contribution < 1.29 is 13.9 Å². The third kappa shape index (κ3) is 5.10. The van der Waals surface area contributed by atoms with E-state index in [1.54, 1.807) is 4.90 Å². The molecule has 3 heterocycles. The summed E-state index contributed by atoms with van der Waals surface area (Å²) in [5, 5.41) is 20.2. The quantitative estimate of drug-likeness (QED) is 0.320. The molecule has 3 aromatic rings. The number of hydrogen-bond donors (Lipinski definition) is 0. The van der Waals surface area contributed by atoms with Gasteiger partial charge in [-0.3, -0.25) is 4.79 Å². The number of nitriles is 2. The fraction of sp³-hybridized carbons (Fsp3) is 0.444. The number of carbonyl (C=O) groups excluding carboxylic acids is 1. The minimum atomic E-state index is -0.397. The molecule has 45 heavy (non-hydrogen) atoms. The van der Waals surface area contributed by atoms with Crippen molar-refractivity contribution in [3.63, 3.8) is 0 Å². The highest BCUT2D eigenvalue weighted by atomic mass is 19.1. The van der Waals surface area contributed by atoms with Crippen LogP contribution in [0.2, 0.25) is 0 Å². The van der Waals surface area contributed by atoms with E-state index < -0.39 is 5.82 Å². The fourth-order valence-corrected chi connectivity index (χ4v) is 7.91. The Bertz CT molecular complexity index is 1780. The van der Waals surface area contributed by atoms with Crippen molar-refractivity contribution in [2.24, 2.45) is 5.92 Å². The lowest BCUT2D eigenvalue weighted by Gasteiger charge is -2.42. The zero-order valence-electron chi connectivity index (χ0n) is 25.6. The highest BCUT2D eigenvalue weighted by molar-refractivity contribution is 5.98. The van der Waals surface area contributed by atoms with Crippen molar-refractivity contribution in [2.75, 3.05) is 44.7 Å². The normalized spacial score (nSPS) is 23.7. The minimum absolute atomic E-state index is 0.0292. The molecule has 8 nitrogen and oxygen atoms in total. The van der Waals surface area contributed by atoms with Crippen LogP contribution in [0.5, 0.6) is 5.88 Å². The van der Waals surface area contributed by atoms with E-state index in [1.807, 2.05) is 24.3 Å². The van der Waals surface area contributed by atoms with E-state index in [0.29, 0.717) is 60.3 Å². The fourth-order valence-electron chi connectivity index (χ4n) is 7.91. The maximum absolute atomic E-state index is 16.9. The Hall–Kier alpha value is -4.47. The number of nitrogens with zero attached hydrogens (tertiary/aromatic N) is 6. The molecule has 230 valence electrons. The van der Waals surface area contributed by atoms with Crippen molar-refractivity contribution in [2.45, 2.75) is 56.5 Å². The first-order valence-electron chi connectivity index (χ1n) is 16.0. The SMILES string of the molecule is C=CC(=O)N1CCN(c2c(CC#N)c(OC[C@@H]3CCCN3C)nc3c(F)c(-c4cccc5c4C4CC4C5)ccc23)C[C@@H]1CC#N. The van der Waals surface area contributed by atoms with Gasteiger partial charge in [0.1, 0.15) is 12.1 Å². The number of pyridine rings is 1. The summed E-state index contributed by atoms with van der Waals surface area (Å²) in [7, 11) is 2.07. The summed E-state index contributed by atoms with van der Waals surface area (Å²) in [6, 6.07) is 14.3. The van der Waals surface area contributed by atoms with Gasteiger partial charge in [0, 0.05) is 36.6 Å². The molecule has 0 N–H and O–H groups in total. The van der Waals surface area contributed by atoms with Gasteiger partial charge in [-0.15, -0.1) is 0 Å². The smallest absolute Gasteiger partial charge is 0.246 e. The summed E-state index contributed by atoms with van der Waals surface area (Å²) >= 11 is 0. The van der Waals surface area contributed by atoms with Crippen molar-refractivity contribution in [3.8, 4) is 29.1 Å². The topological polar surface area (TPSA) is 96.5 Å². The number of ether oxygens (including phenoxy) is 1. The molecular weight excluding hydrogens is 567 g/mol. The number of likely N-dealkylation sites (N-methyl/N-ethyl adjacent to an activating group) is 1. The first kappa shape index (κ1) is 29.3. The van der Waals surface area contributed by atoms with Crippen LogP contribution in [0.1, 0.15) is 48.3 Å². The second-order valence-electron chi connectivity index (χ2n) is 12.9. The second kappa shape index (κ2) is 11.8. The summed E-state index contributed by atoms with van der Waals surface area (Å²) in [6.45, 7) is 6.19. The molecule has 2 aliphatic heterocycles. The highest BCUT2D eigenvalue weighted by Gasteiger charge is 2.46. The number of anilines is 1. The second-order valence-corrected chi connectivity index (χ2v) is 12.9. The van der Waals surface area contributed by atoms with E-state index in [2.05, 4.69) is 41.6 Å². The molecule has 0 bridgehead atoms. The van der Waals surface area contributed by atoms with E-state index in [-0.39, 0.29) is 42.2 Å². The monoisotopic (exact) mass is 604 g/mol. The van der Waals surface area contributed by atoms with Gasteiger partial charge in [0.2, 0.25) is 11.8 Å². The van der Waals surface area contributed by atoms with Gasteiger partial charge in [-0.25, -0.2) is 9.37 Å². The maximum atomic E-state index is 16.9. The molecule has 0 spiro atoms.